The summed E-state index contributed by atoms with van der Waals surface area (Å²) in [6.45, 7) is 0. The number of thiophene rings is 1. The van der Waals surface area contributed by atoms with E-state index in [-0.39, 0.29) is 6.42 Å². The van der Waals surface area contributed by atoms with Crippen LogP contribution in [0.1, 0.15) is 17.7 Å². The van der Waals surface area contributed by atoms with Crippen LogP contribution < -0.4 is 0 Å². The van der Waals surface area contributed by atoms with Crippen LogP contribution in [0.25, 0.3) is 0 Å². The largest absolute Gasteiger partial charge is 0.481 e. The summed E-state index contributed by atoms with van der Waals surface area (Å²) in [6, 6.07) is 3.84. The van der Waals surface area contributed by atoms with Gasteiger partial charge in [0.15, 0.2) is 0 Å². The van der Waals surface area contributed by atoms with E-state index in [1.807, 2.05) is 17.5 Å². The highest BCUT2D eigenvalue weighted by molar-refractivity contribution is 7.10. The van der Waals surface area contributed by atoms with Crippen LogP contribution >= 0.6 is 11.3 Å². The highest BCUT2D eigenvalue weighted by Gasteiger charge is 1.91. The van der Waals surface area contributed by atoms with Gasteiger partial charge >= 0.3 is 5.97 Å². The van der Waals surface area contributed by atoms with Crippen LogP contribution in [-0.2, 0) is 4.79 Å². The zero-order chi connectivity index (χ0) is 8.81. The Morgan fingerprint density at radius 3 is 3.08 bits per heavy atom. The van der Waals surface area contributed by atoms with Gasteiger partial charge in [0.1, 0.15) is 0 Å². The summed E-state index contributed by atoms with van der Waals surface area (Å²) in [5.74, 6) is 4.89. The topological polar surface area (TPSA) is 37.3 Å². The molecule has 0 bridgehead atoms. The first kappa shape index (κ1) is 8.82. The van der Waals surface area contributed by atoms with E-state index in [4.69, 9.17) is 5.11 Å². The van der Waals surface area contributed by atoms with E-state index in [0.29, 0.717) is 6.42 Å². The van der Waals surface area contributed by atoms with Crippen LogP contribution in [0.15, 0.2) is 17.5 Å². The predicted octanol–water partition coefficient (Wildman–Crippen LogP) is 1.96. The fourth-order valence-corrected chi connectivity index (χ4v) is 1.26. The number of rotatable bonds is 2. The molecule has 1 aromatic rings. The Kier molecular flexibility index (Phi) is 3.36. The maximum Gasteiger partial charge on any atom is 0.304 e. The first-order valence-electron chi connectivity index (χ1n) is 3.53. The SMILES string of the molecule is O=C(O)CCC#Cc1cccs1. The van der Waals surface area contributed by atoms with Crippen molar-refractivity contribution in [3.05, 3.63) is 22.4 Å². The van der Waals surface area contributed by atoms with Crippen molar-refractivity contribution in [1.29, 1.82) is 0 Å². The van der Waals surface area contributed by atoms with Crippen molar-refractivity contribution in [1.82, 2.24) is 0 Å². The number of carboxylic acids is 1. The van der Waals surface area contributed by atoms with E-state index in [1.54, 1.807) is 11.3 Å². The molecule has 62 valence electrons. The van der Waals surface area contributed by atoms with Crippen molar-refractivity contribution in [3.8, 4) is 11.8 Å². The van der Waals surface area contributed by atoms with E-state index >= 15 is 0 Å². The van der Waals surface area contributed by atoms with E-state index in [0.717, 1.165) is 4.88 Å². The molecule has 0 fully saturated rings. The minimum Gasteiger partial charge on any atom is -0.481 e. The maximum absolute atomic E-state index is 10.1. The molecular formula is C9H8O2S. The van der Waals surface area contributed by atoms with Crippen molar-refractivity contribution in [2.45, 2.75) is 12.8 Å². The van der Waals surface area contributed by atoms with Gasteiger partial charge in [-0.2, -0.15) is 0 Å². The second kappa shape index (κ2) is 4.58. The van der Waals surface area contributed by atoms with E-state index in [1.165, 1.54) is 0 Å². The third-order valence-electron chi connectivity index (χ3n) is 1.20. The highest BCUT2D eigenvalue weighted by atomic mass is 32.1. The molecule has 3 heteroatoms. The Labute approximate surface area is 74.9 Å². The molecule has 0 unspecified atom stereocenters. The van der Waals surface area contributed by atoms with Crippen molar-refractivity contribution < 1.29 is 9.90 Å². The summed E-state index contributed by atoms with van der Waals surface area (Å²) in [7, 11) is 0. The van der Waals surface area contributed by atoms with Crippen molar-refractivity contribution >= 4 is 17.3 Å². The van der Waals surface area contributed by atoms with Gasteiger partial charge in [-0.05, 0) is 11.4 Å². The van der Waals surface area contributed by atoms with Gasteiger partial charge in [0.25, 0.3) is 0 Å². The molecule has 1 N–H and O–H groups in total. The molecule has 0 aliphatic carbocycles. The number of carboxylic acid groups (broad SMARTS) is 1. The zero-order valence-electron chi connectivity index (χ0n) is 6.41. The van der Waals surface area contributed by atoms with Crippen molar-refractivity contribution in [2.24, 2.45) is 0 Å². The minimum absolute atomic E-state index is 0.123. The molecule has 1 heterocycles. The van der Waals surface area contributed by atoms with Crippen molar-refractivity contribution in [3.63, 3.8) is 0 Å². The standard InChI is InChI=1S/C9H8O2S/c10-9(11)6-2-1-4-8-5-3-7-12-8/h3,5,7H,2,6H2,(H,10,11). The summed E-state index contributed by atoms with van der Waals surface area (Å²) >= 11 is 1.56. The van der Waals surface area contributed by atoms with Crippen molar-refractivity contribution in [2.75, 3.05) is 0 Å². The van der Waals surface area contributed by atoms with Crippen LogP contribution in [0.2, 0.25) is 0 Å². The molecule has 12 heavy (non-hydrogen) atoms. The second-order valence-corrected chi connectivity index (χ2v) is 3.12. The fourth-order valence-electron chi connectivity index (χ4n) is 0.669. The lowest BCUT2D eigenvalue weighted by atomic mass is 10.3. The molecule has 0 amide bonds. The van der Waals surface area contributed by atoms with Crippen LogP contribution in [0.3, 0.4) is 0 Å². The molecular weight excluding hydrogens is 172 g/mol. The Hall–Kier alpha value is -1.27. The van der Waals surface area contributed by atoms with E-state index < -0.39 is 5.97 Å². The molecule has 0 radical (unpaired) electrons. The van der Waals surface area contributed by atoms with Gasteiger partial charge in [0, 0.05) is 6.42 Å². The number of aliphatic carboxylic acids is 1. The lowest BCUT2D eigenvalue weighted by molar-refractivity contribution is -0.136. The van der Waals surface area contributed by atoms with Gasteiger partial charge in [0.2, 0.25) is 0 Å². The Balaban J connectivity index is 2.35. The lowest BCUT2D eigenvalue weighted by Gasteiger charge is -1.82. The van der Waals surface area contributed by atoms with Gasteiger partial charge in [-0.3, -0.25) is 4.79 Å². The molecule has 0 aliphatic rings. The molecule has 1 rings (SSSR count). The molecule has 0 aromatic carbocycles. The van der Waals surface area contributed by atoms with Crippen LogP contribution in [-0.4, -0.2) is 11.1 Å². The predicted molar refractivity (Wildman–Crippen MR) is 48.1 cm³/mol. The summed E-state index contributed by atoms with van der Waals surface area (Å²) in [5.41, 5.74) is 0. The van der Waals surface area contributed by atoms with Crippen LogP contribution in [0.5, 0.6) is 0 Å². The molecule has 1 aromatic heterocycles. The normalized spacial score (nSPS) is 8.67. The molecule has 0 atom stereocenters. The fraction of sp³-hybridized carbons (Fsp3) is 0.222. The second-order valence-electron chi connectivity index (χ2n) is 2.17. The molecule has 0 saturated heterocycles. The first-order valence-corrected chi connectivity index (χ1v) is 4.41. The van der Waals surface area contributed by atoms with Crippen LogP contribution in [0, 0.1) is 11.8 Å². The zero-order valence-corrected chi connectivity index (χ0v) is 7.23. The number of carbonyl (C=O) groups is 1. The van der Waals surface area contributed by atoms with Gasteiger partial charge in [-0.15, -0.1) is 11.3 Å². The Morgan fingerprint density at radius 2 is 2.50 bits per heavy atom. The molecule has 0 saturated carbocycles. The summed E-state index contributed by atoms with van der Waals surface area (Å²) in [4.78, 5) is 11.1. The number of hydrogen-bond donors (Lipinski definition) is 1. The summed E-state index contributed by atoms with van der Waals surface area (Å²) < 4.78 is 0. The third kappa shape index (κ3) is 3.22. The maximum atomic E-state index is 10.1. The molecule has 2 nitrogen and oxygen atoms in total. The lowest BCUT2D eigenvalue weighted by Crippen LogP contribution is -1.91. The van der Waals surface area contributed by atoms with Crippen LogP contribution in [0.4, 0.5) is 0 Å². The minimum atomic E-state index is -0.796. The Morgan fingerprint density at radius 1 is 1.67 bits per heavy atom. The van der Waals surface area contributed by atoms with E-state index in [9.17, 15) is 4.79 Å². The first-order chi connectivity index (χ1) is 5.79. The van der Waals surface area contributed by atoms with Gasteiger partial charge in [-0.1, -0.05) is 17.9 Å². The highest BCUT2D eigenvalue weighted by Crippen LogP contribution is 2.05. The summed E-state index contributed by atoms with van der Waals surface area (Å²) in [6.07, 6.45) is 0.547. The average Bonchev–Trinajstić information content (AvgIpc) is 2.49. The molecule has 0 aliphatic heterocycles. The van der Waals surface area contributed by atoms with Gasteiger partial charge < -0.3 is 5.11 Å². The third-order valence-corrected chi connectivity index (χ3v) is 1.98. The van der Waals surface area contributed by atoms with Gasteiger partial charge in [0.05, 0.1) is 11.3 Å². The smallest absolute Gasteiger partial charge is 0.304 e. The van der Waals surface area contributed by atoms with Gasteiger partial charge in [-0.25, -0.2) is 0 Å². The van der Waals surface area contributed by atoms with E-state index in [2.05, 4.69) is 11.8 Å². The number of hydrogen-bond acceptors (Lipinski definition) is 2. The Bertz CT molecular complexity index is 303. The monoisotopic (exact) mass is 180 g/mol. The summed E-state index contributed by atoms with van der Waals surface area (Å²) in [5, 5.41) is 10.3. The molecule has 0 spiro atoms. The average molecular weight is 180 g/mol. The quantitative estimate of drug-likeness (QED) is 0.706.